The van der Waals surface area contributed by atoms with E-state index in [9.17, 15) is 4.79 Å². The van der Waals surface area contributed by atoms with Gasteiger partial charge in [0.05, 0.1) is 6.10 Å². The minimum atomic E-state index is -0.507. The van der Waals surface area contributed by atoms with Crippen molar-refractivity contribution in [1.82, 2.24) is 0 Å². The molecule has 8 heavy (non-hydrogen) atoms. The predicted octanol–water partition coefficient (Wildman–Crippen LogP) is -0.124. The van der Waals surface area contributed by atoms with Gasteiger partial charge in [-0.25, -0.2) is 0 Å². The van der Waals surface area contributed by atoms with Gasteiger partial charge >= 0.3 is 0 Å². The van der Waals surface area contributed by atoms with Crippen molar-refractivity contribution in [3.63, 3.8) is 0 Å². The van der Waals surface area contributed by atoms with Gasteiger partial charge in [0.15, 0.2) is 5.78 Å². The van der Waals surface area contributed by atoms with Crippen LogP contribution in [0, 0.1) is 44.1 Å². The average Bonchev–Trinajstić information content (AvgIpc) is 1.87. The van der Waals surface area contributed by atoms with Crippen LogP contribution >= 0.6 is 0 Å². The molecule has 2 nitrogen and oxygen atoms in total. The molecule has 41 valence electrons. The van der Waals surface area contributed by atoms with E-state index < -0.39 is 6.10 Å². The smallest absolute Gasteiger partial charge is 0.158 e. The first-order chi connectivity index (χ1) is 3.29. The summed E-state index contributed by atoms with van der Waals surface area (Å²) in [4.78, 5) is 10.2. The summed E-state index contributed by atoms with van der Waals surface area (Å²) < 4.78 is 0. The first kappa shape index (κ1) is 8.81. The number of hydrogen-bond acceptors (Lipinski definition) is 2. The first-order valence-corrected chi connectivity index (χ1v) is 2.18. The number of hydrogen-bond donors (Lipinski definition) is 1. The van der Waals surface area contributed by atoms with E-state index in [1.165, 1.54) is 12.2 Å². The van der Waals surface area contributed by atoms with Crippen molar-refractivity contribution in [3.05, 3.63) is 12.2 Å². The number of carbonyl (C=O) groups is 1. The predicted molar refractivity (Wildman–Crippen MR) is 24.8 cm³/mol. The van der Waals surface area contributed by atoms with Crippen LogP contribution in [-0.2, 0) is 4.79 Å². The van der Waals surface area contributed by atoms with Gasteiger partial charge in [0.1, 0.15) is 0 Å². The second-order valence-corrected chi connectivity index (χ2v) is 1.60. The molecule has 1 radical (unpaired) electrons. The Bertz CT molecular complexity index is 120. The quantitative estimate of drug-likeness (QED) is 0.674. The van der Waals surface area contributed by atoms with Crippen molar-refractivity contribution >= 4 is 5.78 Å². The Labute approximate surface area is 83.5 Å². The molecule has 0 aromatic heterocycles. The summed E-state index contributed by atoms with van der Waals surface area (Å²) in [6, 6.07) is 0. The summed E-state index contributed by atoms with van der Waals surface area (Å²) >= 11 is 0. The summed E-state index contributed by atoms with van der Waals surface area (Å²) in [5, 5.41) is 8.59. The van der Waals surface area contributed by atoms with E-state index in [0.29, 0.717) is 0 Å². The maximum atomic E-state index is 10.2. The molecule has 0 amide bonds. The largest absolute Gasteiger partial charge is 0.389 e. The fourth-order valence-corrected chi connectivity index (χ4v) is 0.561. The van der Waals surface area contributed by atoms with E-state index in [1.54, 1.807) is 0 Å². The zero-order valence-corrected chi connectivity index (χ0v) is 9.12. The minimum absolute atomic E-state index is 0. The first-order valence-electron chi connectivity index (χ1n) is 2.18. The number of allylic oxidation sites excluding steroid dienone is 1. The molecule has 3 heteroatoms. The second-order valence-electron chi connectivity index (χ2n) is 1.60. The molecule has 1 aliphatic carbocycles. The monoisotopic (exact) mass is 325 g/mol. The Kier molecular flexibility index (Phi) is 4.15. The number of rotatable bonds is 0. The third-order valence-corrected chi connectivity index (χ3v) is 0.915. The van der Waals surface area contributed by atoms with Gasteiger partial charge in [-0.05, 0) is 6.08 Å². The van der Waals surface area contributed by atoms with Gasteiger partial charge in [-0.2, -0.15) is 0 Å². The van der Waals surface area contributed by atoms with E-state index in [2.05, 4.69) is 0 Å². The van der Waals surface area contributed by atoms with Crippen LogP contribution in [0.5, 0.6) is 0 Å². The normalized spacial score (nSPS) is 25.6. The molecule has 1 rings (SSSR count). The molecule has 0 saturated heterocycles. The number of carbonyl (C=O) groups excluding carboxylic acids is 1. The van der Waals surface area contributed by atoms with Crippen molar-refractivity contribution in [2.45, 2.75) is 12.5 Å². The summed E-state index contributed by atoms with van der Waals surface area (Å²) in [5.41, 5.74) is 0. The SMILES string of the molecule is O=C1C=CC(O)C1.[Ac]. The van der Waals surface area contributed by atoms with E-state index in [1.807, 2.05) is 0 Å². The van der Waals surface area contributed by atoms with Crippen molar-refractivity contribution in [2.75, 3.05) is 0 Å². The van der Waals surface area contributed by atoms with Crippen LogP contribution in [-0.4, -0.2) is 17.0 Å². The molecule has 0 saturated carbocycles. The van der Waals surface area contributed by atoms with E-state index >= 15 is 0 Å². The van der Waals surface area contributed by atoms with E-state index in [0.717, 1.165) is 0 Å². The third kappa shape index (κ3) is 2.39. The Morgan fingerprint density at radius 3 is 2.50 bits per heavy atom. The molecule has 0 aromatic carbocycles. The van der Waals surface area contributed by atoms with Crippen molar-refractivity contribution in [2.24, 2.45) is 0 Å². The van der Waals surface area contributed by atoms with Crippen molar-refractivity contribution in [3.8, 4) is 0 Å². The molecule has 0 fully saturated rings. The van der Waals surface area contributed by atoms with Crippen LogP contribution < -0.4 is 0 Å². The van der Waals surface area contributed by atoms with Crippen LogP contribution in [0.25, 0.3) is 0 Å². The average molecular weight is 325 g/mol. The van der Waals surface area contributed by atoms with Crippen LogP contribution in [0.3, 0.4) is 0 Å². The van der Waals surface area contributed by atoms with Gasteiger partial charge < -0.3 is 5.11 Å². The summed E-state index contributed by atoms with van der Waals surface area (Å²) in [6.07, 6.45) is 2.68. The van der Waals surface area contributed by atoms with Gasteiger partial charge in [-0.3, -0.25) is 4.79 Å². The molecular weight excluding hydrogens is 319 g/mol. The van der Waals surface area contributed by atoms with Crippen LogP contribution in [0.4, 0.5) is 0 Å². The molecule has 0 heterocycles. The fraction of sp³-hybridized carbons (Fsp3) is 0.400. The summed E-state index contributed by atoms with van der Waals surface area (Å²) in [6.45, 7) is 0. The van der Waals surface area contributed by atoms with Gasteiger partial charge in [0.25, 0.3) is 0 Å². The Hall–Kier alpha value is 0.812. The standard InChI is InChI=1S/C5H6O2.Ac/c6-4-1-2-5(7)3-4;/h1-2,4,6H,3H2;. The molecule has 1 N–H and O–H groups in total. The third-order valence-electron chi connectivity index (χ3n) is 0.915. The van der Waals surface area contributed by atoms with Gasteiger partial charge in [-0.1, -0.05) is 6.08 Å². The molecule has 0 spiro atoms. The Balaban J connectivity index is 0.000000490. The van der Waals surface area contributed by atoms with Gasteiger partial charge in [0.2, 0.25) is 0 Å². The van der Waals surface area contributed by atoms with E-state index in [4.69, 9.17) is 5.11 Å². The maximum absolute atomic E-state index is 10.2. The molecule has 0 aliphatic heterocycles. The Morgan fingerprint density at radius 2 is 2.38 bits per heavy atom. The molecule has 1 unspecified atom stereocenters. The van der Waals surface area contributed by atoms with Gasteiger partial charge in [-0.15, -0.1) is 0 Å². The molecule has 1 aliphatic rings. The molecule has 0 aromatic rings. The Morgan fingerprint density at radius 1 is 1.75 bits per heavy atom. The van der Waals surface area contributed by atoms with Gasteiger partial charge in [0, 0.05) is 50.5 Å². The van der Waals surface area contributed by atoms with Crippen LogP contribution in [0.15, 0.2) is 12.2 Å². The number of aliphatic hydroxyl groups excluding tert-OH is 1. The summed E-state index contributed by atoms with van der Waals surface area (Å²) in [7, 11) is 0. The minimum Gasteiger partial charge on any atom is -0.389 e. The number of ketones is 1. The second kappa shape index (κ2) is 3.76. The molecule has 0 bridgehead atoms. The van der Waals surface area contributed by atoms with Crippen molar-refractivity contribution < 1.29 is 54.0 Å². The van der Waals surface area contributed by atoms with Crippen molar-refractivity contribution in [1.29, 1.82) is 0 Å². The maximum Gasteiger partial charge on any atom is 0.158 e. The van der Waals surface area contributed by atoms with Crippen LogP contribution in [0.2, 0.25) is 0 Å². The molecule has 1 atom stereocenters. The molecular formula is C5H6AcO2. The van der Waals surface area contributed by atoms with E-state index in [-0.39, 0.29) is 56.3 Å². The number of aliphatic hydroxyl groups is 1. The zero-order valence-electron chi connectivity index (χ0n) is 4.37. The van der Waals surface area contributed by atoms with Crippen LogP contribution in [0.1, 0.15) is 6.42 Å². The fourth-order valence-electron chi connectivity index (χ4n) is 0.561. The zero-order chi connectivity index (χ0) is 5.28. The topological polar surface area (TPSA) is 37.3 Å². The summed E-state index contributed by atoms with van der Waals surface area (Å²) in [5.74, 6) is 0.0208.